The minimum Gasteiger partial charge on any atom is -0.493 e. The summed E-state index contributed by atoms with van der Waals surface area (Å²) in [7, 11) is 4.50. The SMILES string of the molecule is COc1cc(-c2nc3sc(=C4C(=O)N(CC(N)=O)c5ccccc54)c(=O)n3n2)cc(OC)c1OC. The normalized spacial score (nSPS) is 14.4. The lowest BCUT2D eigenvalue weighted by atomic mass is 10.1. The van der Waals surface area contributed by atoms with E-state index >= 15 is 0 Å². The summed E-state index contributed by atoms with van der Waals surface area (Å²) in [6, 6.07) is 10.3. The topological polar surface area (TPSA) is 138 Å². The van der Waals surface area contributed by atoms with Crippen molar-refractivity contribution in [2.45, 2.75) is 0 Å². The Balaban J connectivity index is 1.68. The molecule has 2 N–H and O–H groups in total. The van der Waals surface area contributed by atoms with Crippen molar-refractivity contribution in [2.24, 2.45) is 5.73 Å². The lowest BCUT2D eigenvalue weighted by Crippen LogP contribution is -2.37. The summed E-state index contributed by atoms with van der Waals surface area (Å²) in [4.78, 5) is 44.1. The number of carbonyl (C=O) groups excluding carboxylic acids is 2. The summed E-state index contributed by atoms with van der Waals surface area (Å²) in [5, 5.41) is 4.37. The Labute approximate surface area is 201 Å². The van der Waals surface area contributed by atoms with E-state index in [0.29, 0.717) is 39.0 Å². The van der Waals surface area contributed by atoms with E-state index in [1.807, 2.05) is 0 Å². The van der Waals surface area contributed by atoms with Crippen LogP contribution in [0, 0.1) is 0 Å². The van der Waals surface area contributed by atoms with Gasteiger partial charge in [-0.1, -0.05) is 29.5 Å². The van der Waals surface area contributed by atoms with Crippen molar-refractivity contribution in [3.63, 3.8) is 0 Å². The number of aromatic nitrogens is 3. The van der Waals surface area contributed by atoms with Gasteiger partial charge in [-0.3, -0.25) is 19.3 Å². The Morgan fingerprint density at radius 3 is 2.34 bits per heavy atom. The van der Waals surface area contributed by atoms with Crippen LogP contribution in [0.4, 0.5) is 5.69 Å². The monoisotopic (exact) mass is 493 g/mol. The minimum atomic E-state index is -0.658. The Hall–Kier alpha value is -4.45. The molecule has 12 heteroatoms. The molecular weight excluding hydrogens is 474 g/mol. The maximum Gasteiger partial charge on any atom is 0.291 e. The molecule has 1 aliphatic heterocycles. The molecule has 0 aliphatic carbocycles. The van der Waals surface area contributed by atoms with Gasteiger partial charge < -0.3 is 19.9 Å². The zero-order valence-corrected chi connectivity index (χ0v) is 19.7. The highest BCUT2D eigenvalue weighted by Gasteiger charge is 2.35. The zero-order chi connectivity index (χ0) is 24.9. The molecule has 2 aromatic heterocycles. The molecule has 1 aliphatic rings. The van der Waals surface area contributed by atoms with Crippen LogP contribution in [0.25, 0.3) is 21.9 Å². The summed E-state index contributed by atoms with van der Waals surface area (Å²) in [6.45, 7) is -0.292. The van der Waals surface area contributed by atoms with Gasteiger partial charge in [0.05, 0.1) is 32.6 Å². The maximum atomic E-state index is 13.3. The molecule has 3 heterocycles. The van der Waals surface area contributed by atoms with Gasteiger partial charge in [0.25, 0.3) is 11.5 Å². The third-order valence-electron chi connectivity index (χ3n) is 5.54. The van der Waals surface area contributed by atoms with Gasteiger partial charge in [-0.25, -0.2) is 0 Å². The van der Waals surface area contributed by atoms with Gasteiger partial charge in [-0.15, -0.1) is 5.10 Å². The molecule has 0 saturated heterocycles. The quantitative estimate of drug-likeness (QED) is 0.412. The second-order valence-electron chi connectivity index (χ2n) is 7.53. The van der Waals surface area contributed by atoms with Crippen LogP contribution >= 0.6 is 11.3 Å². The number of benzene rings is 2. The average molecular weight is 494 g/mol. The zero-order valence-electron chi connectivity index (χ0n) is 18.9. The fraction of sp³-hybridized carbons (Fsp3) is 0.174. The number of ether oxygens (including phenoxy) is 3. The largest absolute Gasteiger partial charge is 0.493 e. The fourth-order valence-corrected chi connectivity index (χ4v) is 5.03. The number of nitrogens with zero attached hydrogens (tertiary/aromatic N) is 4. The number of thiazole rings is 1. The van der Waals surface area contributed by atoms with Crippen LogP contribution < -0.4 is 34.9 Å². The lowest BCUT2D eigenvalue weighted by Gasteiger charge is -2.14. The second kappa shape index (κ2) is 8.40. The van der Waals surface area contributed by atoms with Crippen LogP contribution in [-0.4, -0.2) is 54.3 Å². The first kappa shape index (κ1) is 22.3. The van der Waals surface area contributed by atoms with Crippen LogP contribution in [-0.2, 0) is 9.59 Å². The van der Waals surface area contributed by atoms with Crippen molar-refractivity contribution in [3.05, 3.63) is 56.8 Å². The van der Waals surface area contributed by atoms with Gasteiger partial charge in [0.15, 0.2) is 17.3 Å². The summed E-state index contributed by atoms with van der Waals surface area (Å²) < 4.78 is 17.4. The lowest BCUT2D eigenvalue weighted by molar-refractivity contribution is -0.119. The Kier molecular flexibility index (Phi) is 5.36. The molecular formula is C23H19N5O6S. The third-order valence-corrected chi connectivity index (χ3v) is 6.57. The summed E-state index contributed by atoms with van der Waals surface area (Å²) in [5.74, 6) is 0.396. The van der Waals surface area contributed by atoms with E-state index < -0.39 is 17.4 Å². The molecule has 0 bridgehead atoms. The van der Waals surface area contributed by atoms with E-state index in [1.54, 1.807) is 36.4 Å². The molecule has 0 spiro atoms. The van der Waals surface area contributed by atoms with Gasteiger partial charge in [0, 0.05) is 11.1 Å². The molecule has 35 heavy (non-hydrogen) atoms. The van der Waals surface area contributed by atoms with Crippen molar-refractivity contribution in [3.8, 4) is 28.6 Å². The van der Waals surface area contributed by atoms with Crippen LogP contribution in [0.2, 0.25) is 0 Å². The first-order valence-electron chi connectivity index (χ1n) is 10.3. The first-order valence-corrected chi connectivity index (χ1v) is 11.1. The van der Waals surface area contributed by atoms with Crippen molar-refractivity contribution in [1.82, 2.24) is 14.6 Å². The van der Waals surface area contributed by atoms with Gasteiger partial charge in [-0.2, -0.15) is 9.50 Å². The van der Waals surface area contributed by atoms with Gasteiger partial charge in [0.1, 0.15) is 11.1 Å². The number of nitrogens with two attached hydrogens (primary N) is 1. The van der Waals surface area contributed by atoms with E-state index in [1.165, 1.54) is 26.2 Å². The number of amides is 2. The summed E-state index contributed by atoms with van der Waals surface area (Å²) in [6.07, 6.45) is 0. The number of hydrogen-bond donors (Lipinski definition) is 1. The third kappa shape index (κ3) is 3.46. The maximum absolute atomic E-state index is 13.3. The van der Waals surface area contributed by atoms with Crippen LogP contribution in [0.1, 0.15) is 5.56 Å². The second-order valence-corrected chi connectivity index (χ2v) is 8.51. The Morgan fingerprint density at radius 1 is 1.06 bits per heavy atom. The number of carbonyl (C=O) groups is 2. The summed E-state index contributed by atoms with van der Waals surface area (Å²) >= 11 is 1.04. The average Bonchev–Trinajstić information content (AvgIpc) is 3.49. The number of anilines is 1. The molecule has 178 valence electrons. The van der Waals surface area contributed by atoms with Crippen LogP contribution in [0.5, 0.6) is 17.2 Å². The van der Waals surface area contributed by atoms with E-state index in [4.69, 9.17) is 19.9 Å². The molecule has 0 radical (unpaired) electrons. The van der Waals surface area contributed by atoms with Crippen molar-refractivity contribution >= 4 is 39.4 Å². The number of methoxy groups -OCH3 is 3. The molecule has 11 nitrogen and oxygen atoms in total. The fourth-order valence-electron chi connectivity index (χ4n) is 4.03. The van der Waals surface area contributed by atoms with Crippen LogP contribution in [0.15, 0.2) is 41.2 Å². The molecule has 4 aromatic rings. The molecule has 5 rings (SSSR count). The highest BCUT2D eigenvalue weighted by molar-refractivity contribution is 7.15. The number of rotatable bonds is 6. The molecule has 2 aromatic carbocycles. The van der Waals surface area contributed by atoms with Gasteiger partial charge in [0.2, 0.25) is 16.6 Å². The number of para-hydroxylation sites is 1. The smallest absolute Gasteiger partial charge is 0.291 e. The van der Waals surface area contributed by atoms with Crippen molar-refractivity contribution < 1.29 is 23.8 Å². The number of hydrogen-bond acceptors (Lipinski definition) is 9. The molecule has 0 unspecified atom stereocenters. The van der Waals surface area contributed by atoms with Crippen molar-refractivity contribution in [2.75, 3.05) is 32.8 Å². The molecule has 0 atom stereocenters. The standard InChI is InChI=1S/C23H19N5O6S/c1-32-14-8-11(9-15(33-2)18(14)34-3)20-25-23-28(26-20)22(31)19(35-23)17-12-6-4-5-7-13(12)27(21(17)30)10-16(24)29/h4-9H,10H2,1-3H3,(H2,24,29). The molecule has 2 amide bonds. The van der Waals surface area contributed by atoms with Gasteiger partial charge >= 0.3 is 0 Å². The van der Waals surface area contributed by atoms with E-state index in [2.05, 4.69) is 10.1 Å². The predicted molar refractivity (Wildman–Crippen MR) is 128 cm³/mol. The number of fused-ring (bicyclic) bond motifs is 2. The summed E-state index contributed by atoms with van der Waals surface area (Å²) in [5.41, 5.74) is 6.65. The highest BCUT2D eigenvalue weighted by Crippen LogP contribution is 2.40. The van der Waals surface area contributed by atoms with Crippen molar-refractivity contribution in [1.29, 1.82) is 0 Å². The van der Waals surface area contributed by atoms with E-state index in [-0.39, 0.29) is 22.5 Å². The van der Waals surface area contributed by atoms with Crippen LogP contribution in [0.3, 0.4) is 0 Å². The molecule has 0 fully saturated rings. The van der Waals surface area contributed by atoms with E-state index in [0.717, 1.165) is 15.9 Å². The Bertz CT molecular complexity index is 1600. The first-order chi connectivity index (χ1) is 16.9. The predicted octanol–water partition coefficient (Wildman–Crippen LogP) is 0.594. The Morgan fingerprint density at radius 2 is 1.74 bits per heavy atom. The van der Waals surface area contributed by atoms with Gasteiger partial charge in [-0.05, 0) is 18.2 Å². The highest BCUT2D eigenvalue weighted by atomic mass is 32.1. The number of primary amides is 1. The van der Waals surface area contributed by atoms with E-state index in [9.17, 15) is 14.4 Å². The molecule has 0 saturated carbocycles. The minimum absolute atomic E-state index is 0.181.